The Balaban J connectivity index is 2.21. The van der Waals surface area contributed by atoms with Crippen molar-refractivity contribution in [1.82, 2.24) is 4.90 Å². The summed E-state index contributed by atoms with van der Waals surface area (Å²) in [4.78, 5) is 24.2. The summed E-state index contributed by atoms with van der Waals surface area (Å²) >= 11 is 1.38. The third kappa shape index (κ3) is 1.50. The van der Waals surface area contributed by atoms with Gasteiger partial charge in [-0.2, -0.15) is 0 Å². The van der Waals surface area contributed by atoms with E-state index in [9.17, 15) is 9.59 Å². The van der Waals surface area contributed by atoms with Gasteiger partial charge in [-0.25, -0.2) is 0 Å². The molecule has 0 fully saturated rings. The number of amides is 1. The number of hydrogen-bond acceptors (Lipinski definition) is 3. The van der Waals surface area contributed by atoms with Gasteiger partial charge in [-0.05, 0) is 23.4 Å². The summed E-state index contributed by atoms with van der Waals surface area (Å²) in [5.41, 5.74) is 1.04. The van der Waals surface area contributed by atoms with Gasteiger partial charge in [0.25, 0.3) is 5.91 Å². The van der Waals surface area contributed by atoms with Gasteiger partial charge in [0.05, 0.1) is 4.88 Å². The first kappa shape index (κ1) is 9.21. The number of carboxylic acids is 1. The summed E-state index contributed by atoms with van der Waals surface area (Å²) < 4.78 is 0. The molecule has 0 aliphatic carbocycles. The average molecular weight is 211 g/mol. The first-order valence-electron chi connectivity index (χ1n) is 4.26. The standard InChI is InChI=1S/C9H9NO3S/c11-7(12)5-10-3-1-6-2-4-14-8(6)9(10)13/h2,4H,1,3,5H2,(H,11,12). The van der Waals surface area contributed by atoms with E-state index < -0.39 is 5.97 Å². The molecule has 0 atom stereocenters. The summed E-state index contributed by atoms with van der Waals surface area (Å²) in [5, 5.41) is 10.5. The van der Waals surface area contributed by atoms with Crippen molar-refractivity contribution in [3.8, 4) is 0 Å². The molecule has 1 aliphatic rings. The molecule has 2 heterocycles. The van der Waals surface area contributed by atoms with Crippen LogP contribution in [0, 0.1) is 0 Å². The predicted octanol–water partition coefficient (Wildman–Crippen LogP) is 0.831. The van der Waals surface area contributed by atoms with Crippen LogP contribution in [0.4, 0.5) is 0 Å². The molecule has 5 heteroatoms. The number of carboxylic acid groups (broad SMARTS) is 1. The van der Waals surface area contributed by atoms with E-state index in [0.29, 0.717) is 11.4 Å². The number of hydrogen-bond donors (Lipinski definition) is 1. The maximum absolute atomic E-state index is 11.7. The molecule has 0 saturated carbocycles. The van der Waals surface area contributed by atoms with E-state index in [1.54, 1.807) is 0 Å². The van der Waals surface area contributed by atoms with Gasteiger partial charge >= 0.3 is 5.97 Å². The van der Waals surface area contributed by atoms with Gasteiger partial charge in [-0.3, -0.25) is 9.59 Å². The second-order valence-corrected chi connectivity index (χ2v) is 4.06. The quantitative estimate of drug-likeness (QED) is 0.788. The van der Waals surface area contributed by atoms with E-state index in [1.807, 2.05) is 11.4 Å². The van der Waals surface area contributed by atoms with Crippen molar-refractivity contribution in [3.05, 3.63) is 21.9 Å². The second kappa shape index (κ2) is 3.42. The molecule has 0 saturated heterocycles. The van der Waals surface area contributed by atoms with Crippen LogP contribution in [0.15, 0.2) is 11.4 Å². The fraction of sp³-hybridized carbons (Fsp3) is 0.333. The minimum atomic E-state index is -0.960. The first-order valence-corrected chi connectivity index (χ1v) is 5.14. The van der Waals surface area contributed by atoms with Crippen LogP contribution in [0.5, 0.6) is 0 Å². The summed E-state index contributed by atoms with van der Waals surface area (Å²) in [6.45, 7) is 0.311. The second-order valence-electron chi connectivity index (χ2n) is 3.15. The van der Waals surface area contributed by atoms with Crippen LogP contribution in [0.3, 0.4) is 0 Å². The van der Waals surface area contributed by atoms with E-state index in [1.165, 1.54) is 16.2 Å². The lowest BCUT2D eigenvalue weighted by molar-refractivity contribution is -0.137. The molecule has 0 unspecified atom stereocenters. The van der Waals surface area contributed by atoms with Gasteiger partial charge in [-0.1, -0.05) is 0 Å². The van der Waals surface area contributed by atoms with E-state index in [2.05, 4.69) is 0 Å². The average Bonchev–Trinajstić information content (AvgIpc) is 2.57. The number of thiophene rings is 1. The number of aliphatic carboxylic acids is 1. The van der Waals surface area contributed by atoms with Crippen LogP contribution in [0.1, 0.15) is 15.2 Å². The van der Waals surface area contributed by atoms with Gasteiger partial charge in [0, 0.05) is 6.54 Å². The molecule has 1 aromatic rings. The molecule has 14 heavy (non-hydrogen) atoms. The Hall–Kier alpha value is -1.36. The lowest BCUT2D eigenvalue weighted by Gasteiger charge is -2.24. The number of rotatable bonds is 2. The Labute approximate surface area is 84.8 Å². The minimum absolute atomic E-state index is 0.149. The van der Waals surface area contributed by atoms with Crippen LogP contribution in [-0.4, -0.2) is 35.0 Å². The van der Waals surface area contributed by atoms with Crippen molar-refractivity contribution >= 4 is 23.2 Å². The van der Waals surface area contributed by atoms with E-state index in [4.69, 9.17) is 5.11 Å². The van der Waals surface area contributed by atoms with Crippen LogP contribution in [-0.2, 0) is 11.2 Å². The molecule has 4 nitrogen and oxygen atoms in total. The zero-order valence-electron chi connectivity index (χ0n) is 7.40. The first-order chi connectivity index (χ1) is 6.68. The maximum atomic E-state index is 11.7. The predicted molar refractivity (Wildman–Crippen MR) is 51.6 cm³/mol. The summed E-state index contributed by atoms with van der Waals surface area (Å²) in [6.07, 6.45) is 0.762. The number of carbonyl (C=O) groups is 2. The Morgan fingerprint density at radius 3 is 3.14 bits per heavy atom. The zero-order valence-corrected chi connectivity index (χ0v) is 8.21. The van der Waals surface area contributed by atoms with Crippen molar-refractivity contribution in [2.24, 2.45) is 0 Å². The Morgan fingerprint density at radius 2 is 2.43 bits per heavy atom. The van der Waals surface area contributed by atoms with Crippen molar-refractivity contribution in [2.45, 2.75) is 6.42 Å². The Kier molecular flexibility index (Phi) is 2.25. The van der Waals surface area contributed by atoms with Crippen molar-refractivity contribution in [1.29, 1.82) is 0 Å². The highest BCUT2D eigenvalue weighted by atomic mass is 32.1. The van der Waals surface area contributed by atoms with Gasteiger partial charge in [0.1, 0.15) is 6.54 Å². The fourth-order valence-electron chi connectivity index (χ4n) is 1.53. The lowest BCUT2D eigenvalue weighted by Crippen LogP contribution is -2.40. The molecule has 0 radical (unpaired) electrons. The number of nitrogens with zero attached hydrogens (tertiary/aromatic N) is 1. The largest absolute Gasteiger partial charge is 0.480 e. The summed E-state index contributed by atoms with van der Waals surface area (Å²) in [6, 6.07) is 1.93. The third-order valence-corrected chi connectivity index (χ3v) is 3.15. The fourth-order valence-corrected chi connectivity index (χ4v) is 2.45. The molecule has 0 bridgehead atoms. The molecule has 1 N–H and O–H groups in total. The van der Waals surface area contributed by atoms with E-state index in [-0.39, 0.29) is 12.5 Å². The van der Waals surface area contributed by atoms with Gasteiger partial charge in [-0.15, -0.1) is 11.3 Å². The maximum Gasteiger partial charge on any atom is 0.323 e. The SMILES string of the molecule is O=C(O)CN1CCc2ccsc2C1=O. The number of carbonyl (C=O) groups excluding carboxylic acids is 1. The molecule has 1 aromatic heterocycles. The molecule has 1 amide bonds. The Bertz CT molecular complexity index is 385. The lowest BCUT2D eigenvalue weighted by atomic mass is 10.1. The smallest absolute Gasteiger partial charge is 0.323 e. The molecule has 0 aromatic carbocycles. The molecular formula is C9H9NO3S. The van der Waals surface area contributed by atoms with Gasteiger partial charge in [0.2, 0.25) is 0 Å². The molecule has 1 aliphatic heterocycles. The van der Waals surface area contributed by atoms with E-state index >= 15 is 0 Å². The number of fused-ring (bicyclic) bond motifs is 1. The van der Waals surface area contributed by atoms with Crippen molar-refractivity contribution in [2.75, 3.05) is 13.1 Å². The molecule has 74 valence electrons. The highest BCUT2D eigenvalue weighted by Gasteiger charge is 2.26. The monoisotopic (exact) mass is 211 g/mol. The highest BCUT2D eigenvalue weighted by molar-refractivity contribution is 7.12. The van der Waals surface area contributed by atoms with Crippen molar-refractivity contribution < 1.29 is 14.7 Å². The highest BCUT2D eigenvalue weighted by Crippen LogP contribution is 2.23. The molecule has 0 spiro atoms. The zero-order chi connectivity index (χ0) is 10.1. The van der Waals surface area contributed by atoms with Gasteiger partial charge < -0.3 is 10.0 Å². The van der Waals surface area contributed by atoms with Crippen molar-refractivity contribution in [3.63, 3.8) is 0 Å². The van der Waals surface area contributed by atoms with Gasteiger partial charge in [0.15, 0.2) is 0 Å². The van der Waals surface area contributed by atoms with Crippen LogP contribution < -0.4 is 0 Å². The topological polar surface area (TPSA) is 57.6 Å². The molecular weight excluding hydrogens is 202 g/mol. The van der Waals surface area contributed by atoms with Crippen LogP contribution >= 0.6 is 11.3 Å². The van der Waals surface area contributed by atoms with E-state index in [0.717, 1.165) is 12.0 Å². The minimum Gasteiger partial charge on any atom is -0.480 e. The summed E-state index contributed by atoms with van der Waals surface area (Å²) in [5.74, 6) is -1.11. The normalized spacial score (nSPS) is 15.4. The Morgan fingerprint density at radius 1 is 1.64 bits per heavy atom. The summed E-state index contributed by atoms with van der Waals surface area (Å²) in [7, 11) is 0. The third-order valence-electron chi connectivity index (χ3n) is 2.21. The molecule has 2 rings (SSSR count). The van der Waals surface area contributed by atoms with Crippen LogP contribution in [0.2, 0.25) is 0 Å². The van der Waals surface area contributed by atoms with Crippen LogP contribution in [0.25, 0.3) is 0 Å².